The van der Waals surface area contributed by atoms with E-state index in [1.807, 2.05) is 41.7 Å². The second-order valence-electron chi connectivity index (χ2n) is 10.1. The molecule has 7 nitrogen and oxygen atoms in total. The van der Waals surface area contributed by atoms with Crippen LogP contribution in [0, 0.1) is 11.3 Å². The van der Waals surface area contributed by atoms with Gasteiger partial charge in [-0.2, -0.15) is 0 Å². The van der Waals surface area contributed by atoms with Gasteiger partial charge in [0.25, 0.3) is 0 Å². The van der Waals surface area contributed by atoms with Crippen LogP contribution >= 0.6 is 0 Å². The van der Waals surface area contributed by atoms with E-state index in [1.54, 1.807) is 18.0 Å². The van der Waals surface area contributed by atoms with E-state index in [0.29, 0.717) is 6.04 Å². The lowest BCUT2D eigenvalue weighted by atomic mass is 9.84. The van der Waals surface area contributed by atoms with Crippen LogP contribution in [0.15, 0.2) is 11.6 Å². The van der Waals surface area contributed by atoms with E-state index in [4.69, 9.17) is 0 Å². The number of likely N-dealkylation sites (tertiary alicyclic amines) is 1. The molecule has 0 aromatic rings. The number of carboxylic acids is 1. The van der Waals surface area contributed by atoms with Gasteiger partial charge in [0.1, 0.15) is 6.04 Å². The number of carbonyl (C=O) groups excluding carboxylic acids is 2. The minimum absolute atomic E-state index is 0.0231. The third-order valence-corrected chi connectivity index (χ3v) is 6.22. The van der Waals surface area contributed by atoms with Gasteiger partial charge in [-0.1, -0.05) is 40.7 Å². The van der Waals surface area contributed by atoms with E-state index in [0.717, 1.165) is 19.3 Å². The number of carboxylic acid groups (broad SMARTS) is 1. The molecule has 0 aromatic carbocycles. The number of aliphatic carboxylic acids is 1. The van der Waals surface area contributed by atoms with Crippen molar-refractivity contribution >= 4 is 17.8 Å². The molecule has 2 amide bonds. The Balaban J connectivity index is 3.12. The fourth-order valence-electron chi connectivity index (χ4n) is 3.95. The van der Waals surface area contributed by atoms with Gasteiger partial charge in [-0.05, 0) is 51.5 Å². The molecule has 0 aliphatic carbocycles. The molecule has 1 fully saturated rings. The smallest absolute Gasteiger partial charge is 0.331 e. The van der Waals surface area contributed by atoms with Gasteiger partial charge < -0.3 is 15.3 Å². The third-order valence-electron chi connectivity index (χ3n) is 6.22. The van der Waals surface area contributed by atoms with Gasteiger partial charge >= 0.3 is 5.97 Å². The molecule has 2 N–H and O–H groups in total. The highest BCUT2D eigenvalue weighted by Crippen LogP contribution is 2.26. The first kappa shape index (κ1) is 26.1. The van der Waals surface area contributed by atoms with Crippen LogP contribution in [0.3, 0.4) is 0 Å². The maximum atomic E-state index is 13.5. The molecule has 1 rings (SSSR count). The van der Waals surface area contributed by atoms with Crippen LogP contribution in [0.5, 0.6) is 0 Å². The van der Waals surface area contributed by atoms with Crippen molar-refractivity contribution in [1.29, 1.82) is 0 Å². The van der Waals surface area contributed by atoms with E-state index < -0.39 is 17.4 Å². The molecule has 1 aliphatic rings. The predicted octanol–water partition coefficient (Wildman–Crippen LogP) is 2.90. The molecule has 0 unspecified atom stereocenters. The van der Waals surface area contributed by atoms with Crippen LogP contribution in [0.25, 0.3) is 0 Å². The van der Waals surface area contributed by atoms with Crippen molar-refractivity contribution in [2.75, 3.05) is 14.1 Å². The van der Waals surface area contributed by atoms with Crippen LogP contribution in [-0.4, -0.2) is 71.0 Å². The molecule has 0 aromatic heterocycles. The first-order valence-corrected chi connectivity index (χ1v) is 10.9. The monoisotopic (exact) mass is 423 g/mol. The Morgan fingerprint density at radius 1 is 1.20 bits per heavy atom. The summed E-state index contributed by atoms with van der Waals surface area (Å²) in [6.07, 6.45) is 4.45. The number of nitrogens with one attached hydrogen (secondary N) is 1. The molecular formula is C23H41N3O4. The maximum absolute atomic E-state index is 13.5. The standard InChI is InChI=1S/C23H41N3O4/c1-14(2)18(13-15(3)22(29)30)26(9)21(28)19(23(5,6)7)24-20(27)17-12-10-11-16(4)25(17)8/h13-14,16-19H,10-12H2,1-9H3,(H,24,27)(H,29,30)/b15-13+/t16-,17+,18-,19-/m1/s1. The Morgan fingerprint density at radius 3 is 2.23 bits per heavy atom. The van der Waals surface area contributed by atoms with Gasteiger partial charge in [0.2, 0.25) is 11.8 Å². The molecule has 172 valence electrons. The van der Waals surface area contributed by atoms with Crippen LogP contribution in [0.2, 0.25) is 0 Å². The molecule has 30 heavy (non-hydrogen) atoms. The zero-order valence-corrected chi connectivity index (χ0v) is 20.2. The first-order chi connectivity index (χ1) is 13.7. The summed E-state index contributed by atoms with van der Waals surface area (Å²) >= 11 is 0. The predicted molar refractivity (Wildman–Crippen MR) is 119 cm³/mol. The van der Waals surface area contributed by atoms with E-state index in [2.05, 4.69) is 17.1 Å². The second-order valence-corrected chi connectivity index (χ2v) is 10.1. The molecular weight excluding hydrogens is 382 g/mol. The van der Waals surface area contributed by atoms with Gasteiger partial charge in [-0.25, -0.2) is 4.79 Å². The number of hydrogen-bond acceptors (Lipinski definition) is 4. The number of piperidine rings is 1. The summed E-state index contributed by atoms with van der Waals surface area (Å²) in [7, 11) is 3.64. The number of rotatable bonds is 7. The summed E-state index contributed by atoms with van der Waals surface area (Å²) in [6.45, 7) is 13.3. The third kappa shape index (κ3) is 6.56. The fourth-order valence-corrected chi connectivity index (χ4v) is 3.95. The lowest BCUT2D eigenvalue weighted by Crippen LogP contribution is -2.60. The summed E-state index contributed by atoms with van der Waals surface area (Å²) in [5, 5.41) is 12.3. The number of nitrogens with zero attached hydrogens (tertiary/aromatic N) is 2. The molecule has 1 aliphatic heterocycles. The largest absolute Gasteiger partial charge is 0.478 e. The number of amides is 2. The van der Waals surface area contributed by atoms with E-state index in [-0.39, 0.29) is 35.4 Å². The van der Waals surface area contributed by atoms with Crippen molar-refractivity contribution in [2.45, 2.75) is 91.9 Å². The second kappa shape index (κ2) is 10.4. The average molecular weight is 424 g/mol. The molecule has 0 saturated carbocycles. The van der Waals surface area contributed by atoms with Gasteiger partial charge in [0, 0.05) is 18.7 Å². The van der Waals surface area contributed by atoms with Gasteiger partial charge in [0.15, 0.2) is 0 Å². The molecule has 0 bridgehead atoms. The maximum Gasteiger partial charge on any atom is 0.331 e. The zero-order valence-electron chi connectivity index (χ0n) is 20.2. The number of likely N-dealkylation sites (N-methyl/N-ethyl adjacent to an activating group) is 2. The van der Waals surface area contributed by atoms with Crippen molar-refractivity contribution in [1.82, 2.24) is 15.1 Å². The van der Waals surface area contributed by atoms with Crippen molar-refractivity contribution in [3.63, 3.8) is 0 Å². The normalized spacial score (nSPS) is 23.1. The summed E-state index contributed by atoms with van der Waals surface area (Å²) in [5.41, 5.74) is -0.296. The Kier molecular flexibility index (Phi) is 9.08. The molecule has 0 spiro atoms. The number of carbonyl (C=O) groups is 3. The topological polar surface area (TPSA) is 90.0 Å². The Labute approximate surface area is 181 Å². The highest BCUT2D eigenvalue weighted by atomic mass is 16.4. The van der Waals surface area contributed by atoms with E-state index in [1.165, 1.54) is 6.92 Å². The Bertz CT molecular complexity index is 666. The Hall–Kier alpha value is -1.89. The van der Waals surface area contributed by atoms with Crippen molar-refractivity contribution in [3.05, 3.63) is 11.6 Å². The van der Waals surface area contributed by atoms with Crippen LogP contribution < -0.4 is 5.32 Å². The lowest BCUT2D eigenvalue weighted by molar-refractivity contribution is -0.142. The molecule has 0 radical (unpaired) electrons. The Morgan fingerprint density at radius 2 is 1.77 bits per heavy atom. The molecule has 7 heteroatoms. The highest BCUT2D eigenvalue weighted by Gasteiger charge is 2.39. The zero-order chi connectivity index (χ0) is 23.4. The summed E-state index contributed by atoms with van der Waals surface area (Å²) in [6, 6.07) is -1.00. The van der Waals surface area contributed by atoms with Gasteiger partial charge in [-0.3, -0.25) is 14.5 Å². The van der Waals surface area contributed by atoms with E-state index >= 15 is 0 Å². The quantitative estimate of drug-likeness (QED) is 0.615. The number of hydrogen-bond donors (Lipinski definition) is 2. The van der Waals surface area contributed by atoms with Crippen molar-refractivity contribution in [2.24, 2.45) is 11.3 Å². The van der Waals surface area contributed by atoms with Crippen LogP contribution in [-0.2, 0) is 14.4 Å². The lowest BCUT2D eigenvalue weighted by Gasteiger charge is -2.40. The van der Waals surface area contributed by atoms with Crippen molar-refractivity contribution < 1.29 is 19.5 Å². The SMILES string of the molecule is C/C(=C\[C@H](C(C)C)N(C)C(=O)[C@@H](NC(=O)[C@@H]1CCC[C@@H](C)N1C)C(C)(C)C)C(=O)O. The summed E-state index contributed by atoms with van der Waals surface area (Å²) in [5.74, 6) is -1.31. The fraction of sp³-hybridized carbons (Fsp3) is 0.783. The molecule has 1 heterocycles. The van der Waals surface area contributed by atoms with Gasteiger partial charge in [-0.15, -0.1) is 0 Å². The van der Waals surface area contributed by atoms with Crippen LogP contribution in [0.1, 0.15) is 67.7 Å². The first-order valence-electron chi connectivity index (χ1n) is 10.9. The van der Waals surface area contributed by atoms with Crippen molar-refractivity contribution in [3.8, 4) is 0 Å². The molecule has 1 saturated heterocycles. The van der Waals surface area contributed by atoms with Gasteiger partial charge in [0.05, 0.1) is 12.1 Å². The minimum atomic E-state index is -1.00. The van der Waals surface area contributed by atoms with Crippen LogP contribution in [0.4, 0.5) is 0 Å². The minimum Gasteiger partial charge on any atom is -0.478 e. The summed E-state index contributed by atoms with van der Waals surface area (Å²) < 4.78 is 0. The highest BCUT2D eigenvalue weighted by molar-refractivity contribution is 5.91. The molecule has 4 atom stereocenters. The summed E-state index contributed by atoms with van der Waals surface area (Å²) in [4.78, 5) is 41.5. The van der Waals surface area contributed by atoms with E-state index in [9.17, 15) is 19.5 Å². The average Bonchev–Trinajstić information content (AvgIpc) is 2.63.